The highest BCUT2D eigenvalue weighted by Crippen LogP contribution is 2.45. The maximum Gasteiger partial charge on any atom is 0.428 e. The number of rotatable bonds is 2. The van der Waals surface area contributed by atoms with Crippen molar-refractivity contribution in [2.75, 3.05) is 6.61 Å². The standard InChI is InChI=1S/C22H27F3N2O7/c1-19(2,3)33-17(30)27(18(31)34-20(4,5)6)16-26-21(7,22(24,25)11-32-16)13-10-12(15(28)29)8-9-14(13)23/h8-10H,11H2,1-7H3,(H,28,29)/t21-/m1/s1. The van der Waals surface area contributed by atoms with Gasteiger partial charge in [-0.15, -0.1) is 4.90 Å². The van der Waals surface area contributed by atoms with Gasteiger partial charge in [-0.1, -0.05) is 0 Å². The summed E-state index contributed by atoms with van der Waals surface area (Å²) >= 11 is 0. The van der Waals surface area contributed by atoms with E-state index in [1.807, 2.05) is 0 Å². The van der Waals surface area contributed by atoms with E-state index < -0.39 is 70.4 Å². The first kappa shape index (κ1) is 26.9. The van der Waals surface area contributed by atoms with Crippen molar-refractivity contribution in [2.45, 2.75) is 71.1 Å². The molecule has 0 radical (unpaired) electrons. The monoisotopic (exact) mass is 488 g/mol. The highest BCUT2D eigenvalue weighted by molar-refractivity contribution is 6.06. The van der Waals surface area contributed by atoms with Gasteiger partial charge in [0.15, 0.2) is 12.1 Å². The summed E-state index contributed by atoms with van der Waals surface area (Å²) < 4.78 is 60.0. The van der Waals surface area contributed by atoms with Gasteiger partial charge in [0.1, 0.15) is 17.0 Å². The molecule has 0 spiro atoms. The number of carbonyl (C=O) groups excluding carboxylic acids is 2. The Labute approximate surface area is 194 Å². The molecule has 9 nitrogen and oxygen atoms in total. The second kappa shape index (κ2) is 8.80. The highest BCUT2D eigenvalue weighted by atomic mass is 19.3. The summed E-state index contributed by atoms with van der Waals surface area (Å²) in [5.74, 6) is -6.51. The molecule has 1 aliphatic rings. The quantitative estimate of drug-likeness (QED) is 0.628. The molecule has 34 heavy (non-hydrogen) atoms. The Kier molecular flexibility index (Phi) is 6.97. The number of amidine groups is 1. The largest absolute Gasteiger partial charge is 0.478 e. The fourth-order valence-electron chi connectivity index (χ4n) is 2.85. The lowest BCUT2D eigenvalue weighted by atomic mass is 9.84. The van der Waals surface area contributed by atoms with Gasteiger partial charge < -0.3 is 19.3 Å². The number of benzene rings is 1. The number of alkyl halides is 2. The minimum atomic E-state index is -3.86. The Bertz CT molecular complexity index is 1000. The third-order valence-electron chi connectivity index (χ3n) is 4.50. The molecule has 1 aromatic carbocycles. The molecule has 1 N–H and O–H groups in total. The number of carboxylic acids is 1. The van der Waals surface area contributed by atoms with Crippen LogP contribution in [0, 0.1) is 5.82 Å². The molecule has 12 heteroatoms. The molecule has 0 unspecified atom stereocenters. The van der Waals surface area contributed by atoms with E-state index in [-0.39, 0.29) is 4.90 Å². The summed E-state index contributed by atoms with van der Waals surface area (Å²) in [5, 5.41) is 9.21. The van der Waals surface area contributed by atoms with E-state index in [0.717, 1.165) is 13.0 Å². The van der Waals surface area contributed by atoms with E-state index >= 15 is 8.78 Å². The van der Waals surface area contributed by atoms with Crippen molar-refractivity contribution in [1.82, 2.24) is 4.90 Å². The van der Waals surface area contributed by atoms with Crippen LogP contribution in [0.5, 0.6) is 0 Å². The Morgan fingerprint density at radius 1 is 1.06 bits per heavy atom. The number of nitrogens with zero attached hydrogens (tertiary/aromatic N) is 2. The minimum Gasteiger partial charge on any atom is -0.478 e. The fourth-order valence-corrected chi connectivity index (χ4v) is 2.85. The van der Waals surface area contributed by atoms with Crippen LogP contribution in [0.1, 0.15) is 64.4 Å². The van der Waals surface area contributed by atoms with Crippen LogP contribution in [-0.4, -0.2) is 57.9 Å². The number of carboxylic acid groups (broad SMARTS) is 1. The molecule has 0 aliphatic carbocycles. The van der Waals surface area contributed by atoms with E-state index in [0.29, 0.717) is 12.1 Å². The van der Waals surface area contributed by atoms with Gasteiger partial charge in [-0.25, -0.2) is 23.8 Å². The number of aliphatic imine (C=N–C) groups is 1. The van der Waals surface area contributed by atoms with Crippen LogP contribution in [0.3, 0.4) is 0 Å². The van der Waals surface area contributed by atoms with Crippen molar-refractivity contribution in [3.63, 3.8) is 0 Å². The average molecular weight is 488 g/mol. The van der Waals surface area contributed by atoms with Gasteiger partial charge in [0.25, 0.3) is 0 Å². The number of hydrogen-bond donors (Lipinski definition) is 1. The molecule has 1 heterocycles. The average Bonchev–Trinajstić information content (AvgIpc) is 2.62. The molecule has 1 aromatic rings. The van der Waals surface area contributed by atoms with Gasteiger partial charge in [0, 0.05) is 5.56 Å². The number of ether oxygens (including phenoxy) is 3. The predicted octanol–water partition coefficient (Wildman–Crippen LogP) is 4.93. The maximum absolute atomic E-state index is 15.0. The first-order valence-corrected chi connectivity index (χ1v) is 10.2. The summed E-state index contributed by atoms with van der Waals surface area (Å²) in [4.78, 5) is 40.9. The lowest BCUT2D eigenvalue weighted by Crippen LogP contribution is -2.56. The molecular weight excluding hydrogens is 461 g/mol. The molecule has 2 amide bonds. The number of carbonyl (C=O) groups is 3. The van der Waals surface area contributed by atoms with Crippen molar-refractivity contribution < 1.29 is 46.9 Å². The number of imide groups is 1. The minimum absolute atomic E-state index is 0.197. The third kappa shape index (κ3) is 5.78. The molecule has 1 atom stereocenters. The number of hydrogen-bond acceptors (Lipinski definition) is 7. The van der Waals surface area contributed by atoms with Crippen LogP contribution in [0.4, 0.5) is 22.8 Å². The van der Waals surface area contributed by atoms with Crippen molar-refractivity contribution >= 4 is 24.2 Å². The van der Waals surface area contributed by atoms with E-state index in [1.165, 1.54) is 41.5 Å². The van der Waals surface area contributed by atoms with Gasteiger partial charge >= 0.3 is 30.1 Å². The summed E-state index contributed by atoms with van der Waals surface area (Å²) in [6, 6.07) is 1.41. The second-order valence-electron chi connectivity index (χ2n) is 9.76. The molecule has 2 rings (SSSR count). The zero-order valence-corrected chi connectivity index (χ0v) is 19.9. The zero-order chi connectivity index (χ0) is 26.3. The van der Waals surface area contributed by atoms with Crippen LogP contribution >= 0.6 is 0 Å². The van der Waals surface area contributed by atoms with Crippen LogP contribution in [0.2, 0.25) is 0 Å². The van der Waals surface area contributed by atoms with Gasteiger partial charge in [-0.2, -0.15) is 8.78 Å². The fraction of sp³-hybridized carbons (Fsp3) is 0.545. The van der Waals surface area contributed by atoms with E-state index in [9.17, 15) is 23.9 Å². The molecule has 0 saturated carbocycles. The summed E-state index contributed by atoms with van der Waals surface area (Å²) in [5.41, 5.74) is -6.18. The van der Waals surface area contributed by atoms with Crippen molar-refractivity contribution in [2.24, 2.45) is 4.99 Å². The first-order valence-electron chi connectivity index (χ1n) is 10.2. The third-order valence-corrected chi connectivity index (χ3v) is 4.50. The van der Waals surface area contributed by atoms with E-state index in [4.69, 9.17) is 14.2 Å². The van der Waals surface area contributed by atoms with Crippen molar-refractivity contribution in [1.29, 1.82) is 0 Å². The smallest absolute Gasteiger partial charge is 0.428 e. The summed E-state index contributed by atoms with van der Waals surface area (Å²) in [6.45, 7) is 8.47. The van der Waals surface area contributed by atoms with E-state index in [1.54, 1.807) is 0 Å². The molecule has 0 fully saturated rings. The Morgan fingerprint density at radius 3 is 2.00 bits per heavy atom. The van der Waals surface area contributed by atoms with Gasteiger partial charge in [0.05, 0.1) is 5.56 Å². The molecule has 0 bridgehead atoms. The predicted molar refractivity (Wildman–Crippen MR) is 113 cm³/mol. The Hall–Kier alpha value is -3.31. The lowest BCUT2D eigenvalue weighted by molar-refractivity contribution is -0.121. The number of halogens is 3. The van der Waals surface area contributed by atoms with Crippen LogP contribution in [0.25, 0.3) is 0 Å². The number of amides is 2. The molecule has 0 aromatic heterocycles. The summed E-state index contributed by atoms with van der Waals surface area (Å²) in [7, 11) is 0. The molecule has 1 aliphatic heterocycles. The SMILES string of the molecule is CC(C)(C)OC(=O)N(C(=O)OC(C)(C)C)C1=N[C@](C)(c2cc(C(=O)O)ccc2F)C(F)(F)CO1. The highest BCUT2D eigenvalue weighted by Gasteiger charge is 2.58. The lowest BCUT2D eigenvalue weighted by Gasteiger charge is -2.39. The van der Waals surface area contributed by atoms with E-state index in [2.05, 4.69) is 4.99 Å². The van der Waals surface area contributed by atoms with Crippen molar-refractivity contribution in [3.05, 3.63) is 35.1 Å². The zero-order valence-electron chi connectivity index (χ0n) is 19.9. The normalized spacial score (nSPS) is 20.0. The van der Waals surface area contributed by atoms with Gasteiger partial charge in [-0.3, -0.25) is 0 Å². The Morgan fingerprint density at radius 2 is 1.56 bits per heavy atom. The van der Waals surface area contributed by atoms with Crippen LogP contribution in [-0.2, 0) is 19.7 Å². The van der Waals surface area contributed by atoms with Gasteiger partial charge in [-0.05, 0) is 66.7 Å². The number of aromatic carboxylic acids is 1. The second-order valence-corrected chi connectivity index (χ2v) is 9.76. The molecule has 188 valence electrons. The van der Waals surface area contributed by atoms with Crippen LogP contribution in [0.15, 0.2) is 23.2 Å². The Balaban J connectivity index is 2.70. The van der Waals surface area contributed by atoms with Crippen LogP contribution < -0.4 is 0 Å². The van der Waals surface area contributed by atoms with Gasteiger partial charge in [0.2, 0.25) is 0 Å². The molecule has 0 saturated heterocycles. The van der Waals surface area contributed by atoms with Crippen molar-refractivity contribution in [3.8, 4) is 0 Å². The first-order chi connectivity index (χ1) is 15.3. The topological polar surface area (TPSA) is 115 Å². The molecular formula is C22H27F3N2O7. The summed E-state index contributed by atoms with van der Waals surface area (Å²) in [6.07, 6.45) is -2.65. The maximum atomic E-state index is 15.0.